The normalized spacial score (nSPS) is 35.9. The molecule has 11 heavy (non-hydrogen) atoms. The van der Waals surface area contributed by atoms with Crippen LogP contribution in [0.4, 0.5) is 0 Å². The number of amides is 1. The van der Waals surface area contributed by atoms with Gasteiger partial charge < -0.3 is 0 Å². The Labute approximate surface area is 66.9 Å². The Morgan fingerprint density at radius 2 is 2.09 bits per heavy atom. The van der Waals surface area contributed by atoms with Crippen molar-refractivity contribution >= 4 is 5.91 Å². The molecule has 0 N–H and O–H groups in total. The average molecular weight is 154 g/mol. The number of carbonyl (C=O) groups is 1. The highest BCUT2D eigenvalue weighted by molar-refractivity contribution is 5.80. The predicted octanol–water partition coefficient (Wildman–Crippen LogP) is 0.822. The Morgan fingerprint density at radius 3 is 2.36 bits per heavy atom. The third-order valence-corrected chi connectivity index (χ3v) is 2.32. The molecule has 0 aromatic heterocycles. The van der Waals surface area contributed by atoms with Crippen LogP contribution in [0.5, 0.6) is 0 Å². The molecular formula is C8H14N2O. The molecule has 0 aliphatic carbocycles. The Morgan fingerprint density at radius 1 is 1.45 bits per heavy atom. The Balaban J connectivity index is 2.10. The van der Waals surface area contributed by atoms with Gasteiger partial charge in [-0.15, -0.1) is 0 Å². The molecule has 2 rings (SSSR count). The van der Waals surface area contributed by atoms with Crippen LogP contribution >= 0.6 is 0 Å². The van der Waals surface area contributed by atoms with Crippen LogP contribution in [-0.2, 0) is 4.79 Å². The number of rotatable bonds is 0. The molecule has 2 aliphatic heterocycles. The molecule has 0 spiro atoms. The van der Waals surface area contributed by atoms with E-state index in [-0.39, 0.29) is 5.41 Å². The maximum absolute atomic E-state index is 11.2. The first-order chi connectivity index (χ1) is 5.02. The third-order valence-electron chi connectivity index (χ3n) is 2.32. The summed E-state index contributed by atoms with van der Waals surface area (Å²) in [5.41, 5.74) is 0.218. The number of fused-ring (bicyclic) bond motifs is 1. The van der Waals surface area contributed by atoms with E-state index in [2.05, 4.69) is 25.8 Å². The van der Waals surface area contributed by atoms with Gasteiger partial charge in [0.1, 0.15) is 6.17 Å². The quantitative estimate of drug-likeness (QED) is 0.482. The molecule has 2 fully saturated rings. The zero-order valence-corrected chi connectivity index (χ0v) is 7.29. The maximum atomic E-state index is 11.2. The van der Waals surface area contributed by atoms with Crippen molar-refractivity contribution < 1.29 is 4.79 Å². The minimum absolute atomic E-state index is 0.218. The summed E-state index contributed by atoms with van der Waals surface area (Å²) in [6.45, 7) is 7.44. The molecular weight excluding hydrogens is 140 g/mol. The van der Waals surface area contributed by atoms with Gasteiger partial charge in [-0.25, -0.2) is 0 Å². The summed E-state index contributed by atoms with van der Waals surface area (Å²) in [6, 6.07) is 0. The average Bonchev–Trinajstić information content (AvgIpc) is 2.47. The van der Waals surface area contributed by atoms with Crippen LogP contribution in [0.1, 0.15) is 27.2 Å². The molecule has 2 aliphatic rings. The van der Waals surface area contributed by atoms with Crippen LogP contribution in [0.3, 0.4) is 0 Å². The molecule has 2 atom stereocenters. The maximum Gasteiger partial charge on any atom is 0.239 e. The minimum Gasteiger partial charge on any atom is -0.273 e. The van der Waals surface area contributed by atoms with Crippen molar-refractivity contribution in [3.8, 4) is 0 Å². The van der Waals surface area contributed by atoms with Crippen LogP contribution in [-0.4, -0.2) is 28.6 Å². The second-order valence-corrected chi connectivity index (χ2v) is 4.39. The highest BCUT2D eigenvalue weighted by Crippen LogP contribution is 2.43. The van der Waals surface area contributed by atoms with Crippen molar-refractivity contribution in [3.05, 3.63) is 0 Å². The van der Waals surface area contributed by atoms with E-state index < -0.39 is 0 Å². The molecule has 1 amide bonds. The largest absolute Gasteiger partial charge is 0.273 e. The van der Waals surface area contributed by atoms with Crippen LogP contribution in [0, 0.1) is 5.41 Å². The van der Waals surface area contributed by atoms with E-state index >= 15 is 0 Å². The van der Waals surface area contributed by atoms with Crippen molar-refractivity contribution in [2.75, 3.05) is 6.54 Å². The number of carbonyl (C=O) groups excluding carboxylic acids is 1. The van der Waals surface area contributed by atoms with Crippen molar-refractivity contribution in [1.82, 2.24) is 10.0 Å². The Bertz CT molecular complexity index is 207. The van der Waals surface area contributed by atoms with E-state index in [4.69, 9.17) is 0 Å². The van der Waals surface area contributed by atoms with Gasteiger partial charge in [0.15, 0.2) is 0 Å². The van der Waals surface area contributed by atoms with Crippen molar-refractivity contribution in [2.24, 2.45) is 5.41 Å². The summed E-state index contributed by atoms with van der Waals surface area (Å²) in [7, 11) is 0. The van der Waals surface area contributed by atoms with Gasteiger partial charge in [-0.2, -0.15) is 5.01 Å². The van der Waals surface area contributed by atoms with Gasteiger partial charge in [0.05, 0.1) is 0 Å². The van der Waals surface area contributed by atoms with Crippen molar-refractivity contribution in [3.63, 3.8) is 0 Å². The molecule has 0 aromatic carbocycles. The molecule has 3 nitrogen and oxygen atoms in total. The van der Waals surface area contributed by atoms with E-state index in [0.29, 0.717) is 18.5 Å². The van der Waals surface area contributed by atoms with Crippen LogP contribution in [0.2, 0.25) is 0 Å². The number of hydrazine groups is 1. The van der Waals surface area contributed by atoms with E-state index in [9.17, 15) is 4.79 Å². The summed E-state index contributed by atoms with van der Waals surface area (Å²) in [5.74, 6) is 0.296. The van der Waals surface area contributed by atoms with Gasteiger partial charge in [-0.05, 0) is 5.41 Å². The number of hydrogen-bond donors (Lipinski definition) is 0. The van der Waals surface area contributed by atoms with Crippen LogP contribution in [0.15, 0.2) is 0 Å². The standard InChI is InChI=1S/C8H14N2O/c1-8(2,3)7-9-5-4-6(11)10(7)9/h7H,4-5H2,1-3H3. The summed E-state index contributed by atoms with van der Waals surface area (Å²) in [5, 5.41) is 4.04. The first-order valence-electron chi connectivity index (χ1n) is 4.10. The third kappa shape index (κ3) is 0.872. The fourth-order valence-electron chi connectivity index (χ4n) is 1.85. The topological polar surface area (TPSA) is 23.1 Å². The highest BCUT2D eigenvalue weighted by Gasteiger charge is 2.58. The van der Waals surface area contributed by atoms with Gasteiger partial charge in [0, 0.05) is 13.0 Å². The lowest BCUT2D eigenvalue weighted by molar-refractivity contribution is -0.125. The fourth-order valence-corrected chi connectivity index (χ4v) is 1.85. The summed E-state index contributed by atoms with van der Waals surface area (Å²) >= 11 is 0. The predicted molar refractivity (Wildman–Crippen MR) is 41.4 cm³/mol. The lowest BCUT2D eigenvalue weighted by atomic mass is 9.94. The highest BCUT2D eigenvalue weighted by atomic mass is 16.2. The van der Waals surface area contributed by atoms with Gasteiger partial charge >= 0.3 is 0 Å². The zero-order chi connectivity index (χ0) is 8.22. The second-order valence-electron chi connectivity index (χ2n) is 4.39. The first kappa shape index (κ1) is 7.10. The Hall–Kier alpha value is -0.570. The Kier molecular flexibility index (Phi) is 1.15. The number of nitrogens with zero attached hydrogens (tertiary/aromatic N) is 2. The lowest BCUT2D eigenvalue weighted by Crippen LogP contribution is -2.24. The first-order valence-corrected chi connectivity index (χ1v) is 4.10. The SMILES string of the molecule is CC(C)(C)C1N2CCC(=O)N12. The molecule has 0 aromatic rings. The molecule has 2 heterocycles. The molecule has 62 valence electrons. The zero-order valence-electron chi connectivity index (χ0n) is 7.29. The van der Waals surface area contributed by atoms with Gasteiger partial charge in [0.25, 0.3) is 0 Å². The lowest BCUT2D eigenvalue weighted by Gasteiger charge is -2.16. The molecule has 0 saturated carbocycles. The smallest absolute Gasteiger partial charge is 0.239 e. The second kappa shape index (κ2) is 1.78. The van der Waals surface area contributed by atoms with Gasteiger partial charge in [-0.3, -0.25) is 9.80 Å². The summed E-state index contributed by atoms with van der Waals surface area (Å²) < 4.78 is 0. The molecule has 0 radical (unpaired) electrons. The van der Waals surface area contributed by atoms with Gasteiger partial charge in [-0.1, -0.05) is 20.8 Å². The summed E-state index contributed by atoms with van der Waals surface area (Å²) in [4.78, 5) is 11.2. The monoisotopic (exact) mass is 154 g/mol. The van der Waals surface area contributed by atoms with Crippen molar-refractivity contribution in [2.45, 2.75) is 33.4 Å². The van der Waals surface area contributed by atoms with Gasteiger partial charge in [0.2, 0.25) is 5.91 Å². The van der Waals surface area contributed by atoms with Crippen molar-refractivity contribution in [1.29, 1.82) is 0 Å². The fraction of sp³-hybridized carbons (Fsp3) is 0.875. The van der Waals surface area contributed by atoms with E-state index in [1.54, 1.807) is 0 Å². The molecule has 2 saturated heterocycles. The minimum atomic E-state index is 0.218. The van der Waals surface area contributed by atoms with E-state index in [1.807, 2.05) is 5.01 Å². The molecule has 0 bridgehead atoms. The van der Waals surface area contributed by atoms with E-state index in [0.717, 1.165) is 6.54 Å². The summed E-state index contributed by atoms with van der Waals surface area (Å²) in [6.07, 6.45) is 1.09. The molecule has 3 heteroatoms. The van der Waals surface area contributed by atoms with Crippen LogP contribution < -0.4 is 0 Å². The van der Waals surface area contributed by atoms with Crippen LogP contribution in [0.25, 0.3) is 0 Å². The van der Waals surface area contributed by atoms with E-state index in [1.165, 1.54) is 0 Å². The molecule has 2 unspecified atom stereocenters. The number of hydrogen-bond acceptors (Lipinski definition) is 2.